The summed E-state index contributed by atoms with van der Waals surface area (Å²) in [6.45, 7) is 5.33. The van der Waals surface area contributed by atoms with E-state index in [2.05, 4.69) is 46.3 Å². The first-order valence-electron chi connectivity index (χ1n) is 7.59. The topological polar surface area (TPSA) is 18.5 Å². The van der Waals surface area contributed by atoms with Crippen LogP contribution in [0.3, 0.4) is 0 Å². The summed E-state index contributed by atoms with van der Waals surface area (Å²) < 4.78 is 12.0. The molecule has 0 amide bonds. The minimum absolute atomic E-state index is 0.644. The molecule has 0 spiro atoms. The molecule has 3 aromatic rings. The lowest BCUT2D eigenvalue weighted by Gasteiger charge is -2.17. The molecule has 0 aromatic heterocycles. The molecule has 0 saturated heterocycles. The van der Waals surface area contributed by atoms with E-state index in [0.29, 0.717) is 13.2 Å². The van der Waals surface area contributed by atoms with Gasteiger partial charge >= 0.3 is 0 Å². The number of hydrogen-bond acceptors (Lipinski definition) is 2. The van der Waals surface area contributed by atoms with E-state index in [9.17, 15) is 0 Å². The number of benzene rings is 3. The van der Waals surface area contributed by atoms with Crippen LogP contribution in [0.2, 0.25) is 0 Å². The van der Waals surface area contributed by atoms with E-state index in [0.717, 1.165) is 38.4 Å². The lowest BCUT2D eigenvalue weighted by Crippen LogP contribution is -1.99. The number of halogens is 1. The zero-order chi connectivity index (χ0) is 15.5. The van der Waals surface area contributed by atoms with Crippen LogP contribution < -0.4 is 9.47 Å². The van der Waals surface area contributed by atoms with Crippen molar-refractivity contribution in [1.82, 2.24) is 0 Å². The van der Waals surface area contributed by atoms with E-state index in [1.54, 1.807) is 0 Å². The van der Waals surface area contributed by atoms with Crippen molar-refractivity contribution < 1.29 is 9.47 Å². The van der Waals surface area contributed by atoms with E-state index in [4.69, 9.17) is 9.47 Å². The highest BCUT2D eigenvalue weighted by Gasteiger charge is 2.15. The van der Waals surface area contributed by atoms with Gasteiger partial charge in [0.15, 0.2) is 0 Å². The molecular weight excluding hydrogens is 340 g/mol. The molecule has 3 aromatic carbocycles. The van der Waals surface area contributed by atoms with Crippen molar-refractivity contribution in [2.24, 2.45) is 0 Å². The number of alkyl halides is 1. The molecule has 0 aliphatic heterocycles. The molecule has 0 atom stereocenters. The Hall–Kier alpha value is -1.74. The van der Waals surface area contributed by atoms with Crippen LogP contribution in [-0.4, -0.2) is 13.2 Å². The molecule has 0 heterocycles. The fraction of sp³-hybridized carbons (Fsp3) is 0.263. The summed E-state index contributed by atoms with van der Waals surface area (Å²) >= 11 is 3.53. The van der Waals surface area contributed by atoms with Gasteiger partial charge in [0.1, 0.15) is 11.5 Å². The molecule has 0 saturated carbocycles. The summed E-state index contributed by atoms with van der Waals surface area (Å²) in [5.74, 6) is 1.89. The molecule has 0 radical (unpaired) electrons. The van der Waals surface area contributed by atoms with Crippen molar-refractivity contribution in [3.05, 3.63) is 48.0 Å². The number of rotatable bonds is 5. The molecule has 0 aliphatic carbocycles. The molecular formula is C19H19BrO2. The van der Waals surface area contributed by atoms with Crippen LogP contribution in [0.5, 0.6) is 11.5 Å². The first kappa shape index (κ1) is 15.2. The van der Waals surface area contributed by atoms with Crippen LogP contribution in [0.4, 0.5) is 0 Å². The van der Waals surface area contributed by atoms with Gasteiger partial charge in [-0.05, 0) is 25.5 Å². The number of ether oxygens (including phenoxy) is 2. The van der Waals surface area contributed by atoms with E-state index in [1.807, 2.05) is 26.0 Å². The summed E-state index contributed by atoms with van der Waals surface area (Å²) in [6.07, 6.45) is 0. The van der Waals surface area contributed by atoms with Crippen LogP contribution in [0.15, 0.2) is 42.5 Å². The third-order valence-corrected chi connectivity index (χ3v) is 4.37. The van der Waals surface area contributed by atoms with Gasteiger partial charge in [-0.3, -0.25) is 0 Å². The molecule has 114 valence electrons. The second-order valence-electron chi connectivity index (χ2n) is 5.08. The minimum atomic E-state index is 0.644. The lowest BCUT2D eigenvalue weighted by molar-refractivity contribution is 0.342. The minimum Gasteiger partial charge on any atom is -0.493 e. The maximum absolute atomic E-state index is 5.99. The van der Waals surface area contributed by atoms with Gasteiger partial charge in [-0.1, -0.05) is 52.3 Å². The fourth-order valence-corrected chi connectivity index (χ4v) is 3.18. The Kier molecular flexibility index (Phi) is 4.53. The maximum atomic E-state index is 5.99. The smallest absolute Gasteiger partial charge is 0.135 e. The third-order valence-electron chi connectivity index (χ3n) is 3.72. The molecule has 0 bridgehead atoms. The fourth-order valence-electron chi connectivity index (χ4n) is 2.83. The van der Waals surface area contributed by atoms with Crippen LogP contribution in [0, 0.1) is 0 Å². The predicted molar refractivity (Wildman–Crippen MR) is 96.4 cm³/mol. The number of hydrogen-bond donors (Lipinski definition) is 0. The first-order valence-corrected chi connectivity index (χ1v) is 8.71. The van der Waals surface area contributed by atoms with Crippen LogP contribution in [-0.2, 0) is 5.33 Å². The quantitative estimate of drug-likeness (QED) is 0.431. The largest absolute Gasteiger partial charge is 0.493 e. The third kappa shape index (κ3) is 2.54. The van der Waals surface area contributed by atoms with E-state index < -0.39 is 0 Å². The summed E-state index contributed by atoms with van der Waals surface area (Å²) in [4.78, 5) is 0. The number of fused-ring (bicyclic) bond motifs is 2. The molecule has 3 heteroatoms. The normalized spacial score (nSPS) is 11.0. The molecule has 22 heavy (non-hydrogen) atoms. The first-order chi connectivity index (χ1) is 10.8. The highest BCUT2D eigenvalue weighted by molar-refractivity contribution is 9.08. The lowest BCUT2D eigenvalue weighted by atomic mass is 9.99. The van der Waals surface area contributed by atoms with Gasteiger partial charge in [-0.15, -0.1) is 0 Å². The van der Waals surface area contributed by atoms with Gasteiger partial charge in [-0.2, -0.15) is 0 Å². The van der Waals surface area contributed by atoms with Gasteiger partial charge < -0.3 is 9.47 Å². The maximum Gasteiger partial charge on any atom is 0.135 e. The summed E-state index contributed by atoms with van der Waals surface area (Å²) in [5.41, 5.74) is 1.23. The Labute approximate surface area is 139 Å². The van der Waals surface area contributed by atoms with E-state index in [1.165, 1.54) is 5.56 Å². The highest BCUT2D eigenvalue weighted by Crippen LogP contribution is 2.43. The Morgan fingerprint density at radius 1 is 0.773 bits per heavy atom. The predicted octanol–water partition coefficient (Wildman–Crippen LogP) is 5.69. The standard InChI is InChI=1S/C19H19BrO2/c1-3-21-18-14-7-5-6-8-15(14)19(22-4-2)17-11-13(12-20)9-10-16(17)18/h5-11H,3-4,12H2,1-2H3. The van der Waals surface area contributed by atoms with Gasteiger partial charge in [0.05, 0.1) is 13.2 Å². The summed E-state index contributed by atoms with van der Waals surface area (Å²) in [5, 5.41) is 5.25. The van der Waals surface area contributed by atoms with Crippen molar-refractivity contribution in [3.63, 3.8) is 0 Å². The summed E-state index contributed by atoms with van der Waals surface area (Å²) in [7, 11) is 0. The Morgan fingerprint density at radius 3 is 1.86 bits per heavy atom. The Balaban J connectivity index is 2.46. The van der Waals surface area contributed by atoms with Crippen molar-refractivity contribution in [3.8, 4) is 11.5 Å². The van der Waals surface area contributed by atoms with Gasteiger partial charge in [-0.25, -0.2) is 0 Å². The second kappa shape index (κ2) is 6.57. The SMILES string of the molecule is CCOc1c2ccccc2c(OCC)c2cc(CBr)ccc12. The van der Waals surface area contributed by atoms with Gasteiger partial charge in [0.25, 0.3) is 0 Å². The zero-order valence-corrected chi connectivity index (χ0v) is 14.4. The monoisotopic (exact) mass is 358 g/mol. The van der Waals surface area contributed by atoms with Crippen molar-refractivity contribution >= 4 is 37.5 Å². The van der Waals surface area contributed by atoms with Crippen molar-refractivity contribution in [2.45, 2.75) is 19.2 Å². The second-order valence-corrected chi connectivity index (χ2v) is 5.64. The van der Waals surface area contributed by atoms with Crippen molar-refractivity contribution in [1.29, 1.82) is 0 Å². The van der Waals surface area contributed by atoms with E-state index in [-0.39, 0.29) is 0 Å². The molecule has 3 rings (SSSR count). The van der Waals surface area contributed by atoms with Crippen LogP contribution >= 0.6 is 15.9 Å². The highest BCUT2D eigenvalue weighted by atomic mass is 79.9. The van der Waals surface area contributed by atoms with Crippen molar-refractivity contribution in [2.75, 3.05) is 13.2 Å². The van der Waals surface area contributed by atoms with Gasteiger partial charge in [0, 0.05) is 26.9 Å². The zero-order valence-electron chi connectivity index (χ0n) is 12.9. The average Bonchev–Trinajstić information content (AvgIpc) is 2.57. The molecule has 0 N–H and O–H groups in total. The van der Waals surface area contributed by atoms with Gasteiger partial charge in [0.2, 0.25) is 0 Å². The molecule has 2 nitrogen and oxygen atoms in total. The van der Waals surface area contributed by atoms with Crippen LogP contribution in [0.25, 0.3) is 21.5 Å². The Bertz CT molecular complexity index is 811. The van der Waals surface area contributed by atoms with Crippen LogP contribution in [0.1, 0.15) is 19.4 Å². The molecule has 0 aliphatic rings. The summed E-state index contributed by atoms with van der Waals surface area (Å²) in [6, 6.07) is 14.7. The molecule has 0 fully saturated rings. The molecule has 0 unspecified atom stereocenters. The Morgan fingerprint density at radius 2 is 1.32 bits per heavy atom. The van der Waals surface area contributed by atoms with E-state index >= 15 is 0 Å². The average molecular weight is 359 g/mol.